The van der Waals surface area contributed by atoms with E-state index in [1.54, 1.807) is 16.4 Å². The molecular formula is C12H15N3S. The summed E-state index contributed by atoms with van der Waals surface area (Å²) in [6, 6.07) is 10.1. The third kappa shape index (κ3) is 2.39. The number of nitrogens with two attached hydrogens (primary N) is 1. The van der Waals surface area contributed by atoms with Crippen LogP contribution in [-0.4, -0.2) is 15.4 Å². The van der Waals surface area contributed by atoms with Gasteiger partial charge in [-0.25, -0.2) is 9.66 Å². The summed E-state index contributed by atoms with van der Waals surface area (Å²) < 4.78 is 1.60. The molecule has 0 aliphatic rings. The Morgan fingerprint density at radius 2 is 2.06 bits per heavy atom. The Kier molecular flexibility index (Phi) is 3.51. The highest BCUT2D eigenvalue weighted by Crippen LogP contribution is 2.22. The van der Waals surface area contributed by atoms with Crippen molar-refractivity contribution in [2.45, 2.75) is 18.5 Å². The lowest BCUT2D eigenvalue weighted by Gasteiger charge is -1.97. The van der Waals surface area contributed by atoms with Crippen molar-refractivity contribution in [1.82, 2.24) is 9.66 Å². The number of rotatable bonds is 4. The van der Waals surface area contributed by atoms with Gasteiger partial charge in [-0.2, -0.15) is 0 Å². The Labute approximate surface area is 99.7 Å². The maximum absolute atomic E-state index is 5.85. The van der Waals surface area contributed by atoms with Crippen LogP contribution in [-0.2, 0) is 0 Å². The molecule has 3 nitrogen and oxygen atoms in total. The molecule has 0 radical (unpaired) electrons. The molecule has 16 heavy (non-hydrogen) atoms. The minimum Gasteiger partial charge on any atom is -0.337 e. The molecule has 4 heteroatoms. The average Bonchev–Trinajstić information content (AvgIpc) is 2.69. The molecule has 0 amide bonds. The molecule has 0 spiro atoms. The first kappa shape index (κ1) is 11.1. The van der Waals surface area contributed by atoms with Gasteiger partial charge in [0.25, 0.3) is 0 Å². The molecule has 1 aromatic heterocycles. The highest BCUT2D eigenvalue weighted by Gasteiger charge is 2.07. The fourth-order valence-electron chi connectivity index (χ4n) is 1.42. The number of hydrogen-bond donors (Lipinski definition) is 1. The lowest BCUT2D eigenvalue weighted by molar-refractivity contribution is 0.850. The number of nitrogen functional groups attached to an aromatic ring is 1. The van der Waals surface area contributed by atoms with Gasteiger partial charge >= 0.3 is 0 Å². The van der Waals surface area contributed by atoms with E-state index in [0.29, 0.717) is 0 Å². The zero-order valence-corrected chi connectivity index (χ0v) is 10.1. The topological polar surface area (TPSA) is 43.8 Å². The van der Waals surface area contributed by atoms with Crippen molar-refractivity contribution < 1.29 is 0 Å². The summed E-state index contributed by atoms with van der Waals surface area (Å²) >= 11 is 1.69. The second-order valence-electron chi connectivity index (χ2n) is 3.53. The highest BCUT2D eigenvalue weighted by molar-refractivity contribution is 7.99. The van der Waals surface area contributed by atoms with Crippen LogP contribution in [0.4, 0.5) is 0 Å². The molecule has 2 rings (SSSR count). The zero-order valence-electron chi connectivity index (χ0n) is 9.26. The van der Waals surface area contributed by atoms with Crippen molar-refractivity contribution >= 4 is 11.8 Å². The molecule has 0 saturated heterocycles. The van der Waals surface area contributed by atoms with Crippen LogP contribution in [0.25, 0.3) is 11.3 Å². The molecule has 0 saturated carbocycles. The first-order valence-corrected chi connectivity index (χ1v) is 6.32. The molecule has 0 aliphatic carbocycles. The van der Waals surface area contributed by atoms with E-state index >= 15 is 0 Å². The monoisotopic (exact) mass is 233 g/mol. The Bertz CT molecular complexity index is 451. The van der Waals surface area contributed by atoms with Gasteiger partial charge in [-0.05, 0) is 6.42 Å². The Morgan fingerprint density at radius 3 is 2.75 bits per heavy atom. The van der Waals surface area contributed by atoms with Crippen molar-refractivity contribution in [3.63, 3.8) is 0 Å². The summed E-state index contributed by atoms with van der Waals surface area (Å²) in [6.45, 7) is 2.15. The summed E-state index contributed by atoms with van der Waals surface area (Å²) in [5.41, 5.74) is 2.03. The van der Waals surface area contributed by atoms with E-state index in [1.165, 1.54) is 0 Å². The van der Waals surface area contributed by atoms with Gasteiger partial charge in [0.2, 0.25) is 0 Å². The maximum Gasteiger partial charge on any atom is 0.187 e. The van der Waals surface area contributed by atoms with Crippen LogP contribution in [0.1, 0.15) is 13.3 Å². The van der Waals surface area contributed by atoms with Gasteiger partial charge in [-0.3, -0.25) is 0 Å². The van der Waals surface area contributed by atoms with E-state index in [4.69, 9.17) is 5.84 Å². The predicted octanol–water partition coefficient (Wildman–Crippen LogP) is 2.77. The Balaban J connectivity index is 2.24. The summed E-state index contributed by atoms with van der Waals surface area (Å²) in [4.78, 5) is 4.52. The number of imidazole rings is 1. The zero-order chi connectivity index (χ0) is 11.4. The molecule has 0 unspecified atom stereocenters. The predicted molar refractivity (Wildman–Crippen MR) is 68.8 cm³/mol. The molecule has 0 bridgehead atoms. The lowest BCUT2D eigenvalue weighted by atomic mass is 10.2. The molecular weight excluding hydrogens is 218 g/mol. The van der Waals surface area contributed by atoms with Crippen LogP contribution in [0.2, 0.25) is 0 Å². The van der Waals surface area contributed by atoms with Gasteiger partial charge in [-0.15, -0.1) is 0 Å². The van der Waals surface area contributed by atoms with Crippen LogP contribution in [0.15, 0.2) is 41.7 Å². The SMILES string of the molecule is CCCSc1nc(-c2ccccc2)cn1N. The van der Waals surface area contributed by atoms with E-state index in [2.05, 4.69) is 11.9 Å². The molecule has 84 valence electrons. The molecule has 2 aromatic rings. The summed E-state index contributed by atoms with van der Waals surface area (Å²) in [7, 11) is 0. The van der Waals surface area contributed by atoms with Gasteiger partial charge in [0.1, 0.15) is 0 Å². The van der Waals surface area contributed by atoms with Gasteiger partial charge in [0.05, 0.1) is 11.9 Å². The quantitative estimate of drug-likeness (QED) is 0.652. The highest BCUT2D eigenvalue weighted by atomic mass is 32.2. The van der Waals surface area contributed by atoms with E-state index in [-0.39, 0.29) is 0 Å². The molecule has 2 N–H and O–H groups in total. The van der Waals surface area contributed by atoms with Crippen molar-refractivity contribution in [2.75, 3.05) is 11.6 Å². The number of thioether (sulfide) groups is 1. The minimum atomic E-state index is 0.876. The van der Waals surface area contributed by atoms with Crippen molar-refractivity contribution in [2.24, 2.45) is 0 Å². The fourth-order valence-corrected chi connectivity index (χ4v) is 2.18. The van der Waals surface area contributed by atoms with Crippen LogP contribution in [0.3, 0.4) is 0 Å². The van der Waals surface area contributed by atoms with Gasteiger partial charge in [-0.1, -0.05) is 49.0 Å². The Hall–Kier alpha value is -1.42. The summed E-state index contributed by atoms with van der Waals surface area (Å²) in [5, 5.41) is 0.876. The van der Waals surface area contributed by atoms with Crippen molar-refractivity contribution in [3.05, 3.63) is 36.5 Å². The maximum atomic E-state index is 5.85. The summed E-state index contributed by atoms with van der Waals surface area (Å²) in [5.74, 6) is 6.90. The number of nitrogens with zero attached hydrogens (tertiary/aromatic N) is 2. The number of aromatic nitrogens is 2. The van der Waals surface area contributed by atoms with E-state index in [1.807, 2.05) is 36.5 Å². The van der Waals surface area contributed by atoms with Crippen LogP contribution < -0.4 is 5.84 Å². The van der Waals surface area contributed by atoms with Crippen molar-refractivity contribution in [3.8, 4) is 11.3 Å². The van der Waals surface area contributed by atoms with Crippen LogP contribution in [0.5, 0.6) is 0 Å². The normalized spacial score (nSPS) is 10.6. The van der Waals surface area contributed by atoms with Crippen molar-refractivity contribution in [1.29, 1.82) is 0 Å². The second-order valence-corrected chi connectivity index (χ2v) is 4.59. The fraction of sp³-hybridized carbons (Fsp3) is 0.250. The second kappa shape index (κ2) is 5.07. The van der Waals surface area contributed by atoms with Crippen LogP contribution in [0, 0.1) is 0 Å². The van der Waals surface area contributed by atoms with E-state index in [9.17, 15) is 0 Å². The first-order valence-electron chi connectivity index (χ1n) is 5.34. The van der Waals surface area contributed by atoms with Gasteiger partial charge < -0.3 is 5.84 Å². The molecule has 0 fully saturated rings. The molecule has 1 aromatic carbocycles. The molecule has 0 aliphatic heterocycles. The standard InChI is InChI=1S/C12H15N3S/c1-2-8-16-12-14-11(9-15(12)13)10-6-4-3-5-7-10/h3-7,9H,2,8,13H2,1H3. The van der Waals surface area contributed by atoms with Gasteiger partial charge in [0.15, 0.2) is 5.16 Å². The first-order chi connectivity index (χ1) is 7.81. The Morgan fingerprint density at radius 1 is 1.31 bits per heavy atom. The molecule has 0 atom stereocenters. The third-order valence-corrected chi connectivity index (χ3v) is 3.38. The molecule has 1 heterocycles. The minimum absolute atomic E-state index is 0.876. The summed E-state index contributed by atoms with van der Waals surface area (Å²) in [6.07, 6.45) is 2.99. The smallest absolute Gasteiger partial charge is 0.187 e. The number of hydrogen-bond acceptors (Lipinski definition) is 3. The lowest BCUT2D eigenvalue weighted by Crippen LogP contribution is -2.07. The van der Waals surface area contributed by atoms with Crippen LogP contribution >= 0.6 is 11.8 Å². The largest absolute Gasteiger partial charge is 0.337 e. The third-order valence-electron chi connectivity index (χ3n) is 2.20. The van der Waals surface area contributed by atoms with Gasteiger partial charge in [0, 0.05) is 11.3 Å². The van der Waals surface area contributed by atoms with E-state index in [0.717, 1.165) is 28.6 Å². The number of benzene rings is 1. The van der Waals surface area contributed by atoms with E-state index < -0.39 is 0 Å². The average molecular weight is 233 g/mol.